The largest absolute Gasteiger partial charge is 0.488 e. The van der Waals surface area contributed by atoms with E-state index in [1.54, 1.807) is 0 Å². The summed E-state index contributed by atoms with van der Waals surface area (Å²) in [6.07, 6.45) is 0. The van der Waals surface area contributed by atoms with Crippen molar-refractivity contribution in [3.63, 3.8) is 0 Å². The molecule has 0 aliphatic heterocycles. The second-order valence-corrected chi connectivity index (χ2v) is 5.28. The Morgan fingerprint density at radius 3 is 2.47 bits per heavy atom. The van der Waals surface area contributed by atoms with Crippen LogP contribution in [0.2, 0.25) is 0 Å². The molecule has 0 spiro atoms. The Labute approximate surface area is 117 Å². The monoisotopic (exact) mass is 355 g/mol. The molecule has 0 unspecified atom stereocenters. The lowest BCUT2D eigenvalue weighted by atomic mass is 10.2. The molecule has 0 bridgehead atoms. The van der Waals surface area contributed by atoms with Crippen LogP contribution in [0.3, 0.4) is 0 Å². The normalized spacial score (nSPS) is 10.2. The maximum atomic E-state index is 5.81. The Balaban J connectivity index is 2.08. The number of anilines is 1. The molecule has 2 nitrogen and oxygen atoms in total. The molecule has 0 atom stereocenters. The van der Waals surface area contributed by atoms with Gasteiger partial charge in [0.15, 0.2) is 0 Å². The van der Waals surface area contributed by atoms with E-state index in [1.165, 1.54) is 0 Å². The van der Waals surface area contributed by atoms with Gasteiger partial charge >= 0.3 is 0 Å². The lowest BCUT2D eigenvalue weighted by Crippen LogP contribution is -1.97. The summed E-state index contributed by atoms with van der Waals surface area (Å²) in [5, 5.41) is 0. The molecular formula is C13H11Br2NO. The van der Waals surface area contributed by atoms with Gasteiger partial charge in [-0.25, -0.2) is 0 Å². The van der Waals surface area contributed by atoms with Gasteiger partial charge in [-0.2, -0.15) is 0 Å². The number of halogens is 2. The van der Waals surface area contributed by atoms with E-state index in [1.807, 2.05) is 42.5 Å². The van der Waals surface area contributed by atoms with Gasteiger partial charge in [0.25, 0.3) is 0 Å². The first-order valence-electron chi connectivity index (χ1n) is 5.08. The van der Waals surface area contributed by atoms with Crippen molar-refractivity contribution in [1.82, 2.24) is 0 Å². The van der Waals surface area contributed by atoms with E-state index in [2.05, 4.69) is 31.9 Å². The van der Waals surface area contributed by atoms with Crippen LogP contribution in [-0.4, -0.2) is 0 Å². The van der Waals surface area contributed by atoms with Crippen molar-refractivity contribution in [2.45, 2.75) is 6.61 Å². The maximum Gasteiger partial charge on any atom is 0.133 e. The number of nitrogen functional groups attached to an aromatic ring is 1. The fourth-order valence-corrected chi connectivity index (χ4v) is 2.05. The van der Waals surface area contributed by atoms with Crippen LogP contribution in [0.5, 0.6) is 5.75 Å². The first-order chi connectivity index (χ1) is 8.16. The minimum atomic E-state index is 0.500. The van der Waals surface area contributed by atoms with Crippen molar-refractivity contribution < 1.29 is 4.74 Å². The van der Waals surface area contributed by atoms with Crippen LogP contribution in [0.25, 0.3) is 0 Å². The van der Waals surface area contributed by atoms with Crippen molar-refractivity contribution in [2.24, 2.45) is 0 Å². The third kappa shape index (κ3) is 3.23. The summed E-state index contributed by atoms with van der Waals surface area (Å²) in [5.74, 6) is 0.828. The zero-order valence-electron chi connectivity index (χ0n) is 8.99. The second kappa shape index (κ2) is 5.56. The molecule has 88 valence electrons. The zero-order chi connectivity index (χ0) is 12.3. The Morgan fingerprint density at radius 1 is 1.00 bits per heavy atom. The van der Waals surface area contributed by atoms with Crippen molar-refractivity contribution in [3.05, 3.63) is 57.0 Å². The first kappa shape index (κ1) is 12.5. The number of benzene rings is 2. The maximum absolute atomic E-state index is 5.81. The van der Waals surface area contributed by atoms with Crippen LogP contribution < -0.4 is 10.5 Å². The molecule has 2 rings (SSSR count). The minimum Gasteiger partial charge on any atom is -0.488 e. The predicted octanol–water partition coefficient (Wildman–Crippen LogP) is 4.37. The third-order valence-electron chi connectivity index (χ3n) is 2.29. The fourth-order valence-electron chi connectivity index (χ4n) is 1.41. The minimum absolute atomic E-state index is 0.500. The first-order valence-corrected chi connectivity index (χ1v) is 6.66. The molecule has 0 saturated heterocycles. The Morgan fingerprint density at radius 2 is 1.76 bits per heavy atom. The summed E-state index contributed by atoms with van der Waals surface area (Å²) in [6.45, 7) is 0.500. The molecule has 0 fully saturated rings. The number of hydrogen-bond acceptors (Lipinski definition) is 2. The van der Waals surface area contributed by atoms with Gasteiger partial charge in [0.05, 0.1) is 4.47 Å². The van der Waals surface area contributed by atoms with E-state index < -0.39 is 0 Å². The van der Waals surface area contributed by atoms with Crippen LogP contribution in [0, 0.1) is 0 Å². The highest BCUT2D eigenvalue weighted by atomic mass is 79.9. The highest BCUT2D eigenvalue weighted by Gasteiger charge is 2.02. The molecule has 0 aromatic heterocycles. The highest BCUT2D eigenvalue weighted by Crippen LogP contribution is 2.26. The number of hydrogen-bond donors (Lipinski definition) is 1. The Hall–Kier alpha value is -1.000. The van der Waals surface area contributed by atoms with Crippen LogP contribution in [0.1, 0.15) is 5.56 Å². The molecule has 0 saturated carbocycles. The van der Waals surface area contributed by atoms with Crippen LogP contribution >= 0.6 is 31.9 Å². The lowest BCUT2D eigenvalue weighted by molar-refractivity contribution is 0.304. The quantitative estimate of drug-likeness (QED) is 0.828. The van der Waals surface area contributed by atoms with E-state index in [-0.39, 0.29) is 0 Å². The zero-order valence-corrected chi connectivity index (χ0v) is 12.2. The van der Waals surface area contributed by atoms with E-state index in [0.29, 0.717) is 6.61 Å². The summed E-state index contributed by atoms with van der Waals surface area (Å²) in [7, 11) is 0. The molecule has 0 heterocycles. The third-order valence-corrected chi connectivity index (χ3v) is 3.67. The molecule has 0 radical (unpaired) electrons. The average molecular weight is 357 g/mol. The van der Waals surface area contributed by atoms with Crippen LogP contribution in [0.4, 0.5) is 5.69 Å². The number of rotatable bonds is 3. The molecule has 4 heteroatoms. The average Bonchev–Trinajstić information content (AvgIpc) is 2.32. The van der Waals surface area contributed by atoms with Gasteiger partial charge < -0.3 is 10.5 Å². The summed E-state index contributed by atoms with van der Waals surface area (Å²) >= 11 is 6.80. The van der Waals surface area contributed by atoms with E-state index >= 15 is 0 Å². The van der Waals surface area contributed by atoms with Crippen molar-refractivity contribution >= 4 is 37.5 Å². The summed E-state index contributed by atoms with van der Waals surface area (Å²) in [6, 6.07) is 13.6. The molecule has 2 N–H and O–H groups in total. The molecular weight excluding hydrogens is 346 g/mol. The summed E-state index contributed by atoms with van der Waals surface area (Å²) < 4.78 is 7.55. The number of para-hydroxylation sites is 1. The predicted molar refractivity (Wildman–Crippen MR) is 77.0 cm³/mol. The van der Waals surface area contributed by atoms with Crippen molar-refractivity contribution in [1.29, 1.82) is 0 Å². The molecule has 0 aliphatic carbocycles. The van der Waals surface area contributed by atoms with Gasteiger partial charge in [-0.05, 0) is 61.7 Å². The molecule has 17 heavy (non-hydrogen) atoms. The van der Waals surface area contributed by atoms with Gasteiger partial charge in [-0.3, -0.25) is 0 Å². The van der Waals surface area contributed by atoms with Crippen molar-refractivity contribution in [3.8, 4) is 5.75 Å². The highest BCUT2D eigenvalue weighted by molar-refractivity contribution is 9.11. The van der Waals surface area contributed by atoms with Gasteiger partial charge in [0.1, 0.15) is 12.4 Å². The van der Waals surface area contributed by atoms with E-state index in [4.69, 9.17) is 10.5 Å². The molecule has 2 aromatic rings. The molecule has 0 aliphatic rings. The van der Waals surface area contributed by atoms with Gasteiger partial charge in [-0.15, -0.1) is 0 Å². The lowest BCUT2D eigenvalue weighted by Gasteiger charge is -2.09. The smallest absolute Gasteiger partial charge is 0.133 e. The summed E-state index contributed by atoms with van der Waals surface area (Å²) in [4.78, 5) is 0. The van der Waals surface area contributed by atoms with Crippen LogP contribution in [-0.2, 0) is 6.61 Å². The summed E-state index contributed by atoms with van der Waals surface area (Å²) in [5.41, 5.74) is 7.57. The van der Waals surface area contributed by atoms with Gasteiger partial charge in [-0.1, -0.05) is 18.2 Å². The SMILES string of the molecule is Nc1cc(COc2ccccc2Br)ccc1Br. The Bertz CT molecular complexity index is 529. The van der Waals surface area contributed by atoms with Crippen LogP contribution in [0.15, 0.2) is 51.4 Å². The standard InChI is InChI=1S/C13H11Br2NO/c14-10-6-5-9(7-12(10)16)8-17-13-4-2-1-3-11(13)15/h1-7H,8,16H2. The molecule has 2 aromatic carbocycles. The Kier molecular flexibility index (Phi) is 4.07. The fraction of sp³-hybridized carbons (Fsp3) is 0.0769. The second-order valence-electron chi connectivity index (χ2n) is 3.57. The van der Waals surface area contributed by atoms with Gasteiger partial charge in [0.2, 0.25) is 0 Å². The van der Waals surface area contributed by atoms with E-state index in [9.17, 15) is 0 Å². The topological polar surface area (TPSA) is 35.2 Å². The van der Waals surface area contributed by atoms with Crippen molar-refractivity contribution in [2.75, 3.05) is 5.73 Å². The van der Waals surface area contributed by atoms with E-state index in [0.717, 1.165) is 25.9 Å². The van der Waals surface area contributed by atoms with Gasteiger partial charge in [0, 0.05) is 10.2 Å². The number of nitrogens with two attached hydrogens (primary N) is 1. The molecule has 0 amide bonds. The number of ether oxygens (including phenoxy) is 1.